The lowest BCUT2D eigenvalue weighted by Gasteiger charge is -2.18. The number of aromatic nitrogens is 2. The van der Waals surface area contributed by atoms with Crippen LogP contribution in [0.5, 0.6) is 5.75 Å². The summed E-state index contributed by atoms with van der Waals surface area (Å²) < 4.78 is 19.3. The first-order valence-electron chi connectivity index (χ1n) is 6.85. The number of nitrogens with one attached hydrogen (secondary N) is 1. The van der Waals surface area contributed by atoms with Gasteiger partial charge in [-0.1, -0.05) is 0 Å². The zero-order valence-electron chi connectivity index (χ0n) is 12.8. The Hall–Kier alpha value is -2.01. The van der Waals surface area contributed by atoms with Crippen molar-refractivity contribution in [1.82, 2.24) is 15.3 Å². The molecule has 0 bridgehead atoms. The number of hydrogen-bond donors (Lipinski definition) is 1. The number of rotatable bonds is 5. The van der Waals surface area contributed by atoms with Gasteiger partial charge in [0.15, 0.2) is 0 Å². The number of halogens is 1. The van der Waals surface area contributed by atoms with Crippen molar-refractivity contribution in [2.24, 2.45) is 0 Å². The van der Waals surface area contributed by atoms with E-state index in [0.29, 0.717) is 12.1 Å². The Labute approximate surface area is 124 Å². The van der Waals surface area contributed by atoms with Crippen molar-refractivity contribution in [3.05, 3.63) is 52.9 Å². The number of likely N-dealkylation sites (N-methyl/N-ethyl adjacent to an activating group) is 1. The van der Waals surface area contributed by atoms with Crippen molar-refractivity contribution in [1.29, 1.82) is 0 Å². The summed E-state index contributed by atoms with van der Waals surface area (Å²) in [5.41, 5.74) is 3.25. The van der Waals surface area contributed by atoms with Crippen LogP contribution < -0.4 is 10.1 Å². The van der Waals surface area contributed by atoms with E-state index in [1.54, 1.807) is 32.6 Å². The SMILES string of the molecule is CNC(Cc1ncc(C)c(OC)c1C)c1ncccc1F. The summed E-state index contributed by atoms with van der Waals surface area (Å²) in [4.78, 5) is 8.60. The summed E-state index contributed by atoms with van der Waals surface area (Å²) in [6, 6.07) is 2.77. The number of nitrogens with zero attached hydrogens (tertiary/aromatic N) is 2. The van der Waals surface area contributed by atoms with Gasteiger partial charge in [-0.25, -0.2) is 4.39 Å². The molecule has 2 rings (SSSR count). The molecule has 112 valence electrons. The van der Waals surface area contributed by atoms with Crippen LogP contribution in [-0.2, 0) is 6.42 Å². The summed E-state index contributed by atoms with van der Waals surface area (Å²) >= 11 is 0. The molecule has 0 aliphatic heterocycles. The van der Waals surface area contributed by atoms with Gasteiger partial charge in [0.25, 0.3) is 0 Å². The van der Waals surface area contributed by atoms with Crippen molar-refractivity contribution >= 4 is 0 Å². The van der Waals surface area contributed by atoms with Gasteiger partial charge in [-0.3, -0.25) is 9.97 Å². The molecule has 2 aromatic heterocycles. The van der Waals surface area contributed by atoms with Gasteiger partial charge in [0.2, 0.25) is 0 Å². The standard InChI is InChI=1S/C16H20FN3O/c1-10-9-20-13(11(2)16(10)21-4)8-14(18-3)15-12(17)6-5-7-19-15/h5-7,9,14,18H,8H2,1-4H3. The highest BCUT2D eigenvalue weighted by atomic mass is 19.1. The minimum atomic E-state index is -0.312. The van der Waals surface area contributed by atoms with Crippen LogP contribution in [0.2, 0.25) is 0 Å². The molecule has 21 heavy (non-hydrogen) atoms. The van der Waals surface area contributed by atoms with E-state index in [0.717, 1.165) is 22.6 Å². The molecule has 2 heterocycles. The van der Waals surface area contributed by atoms with Crippen LogP contribution in [0.25, 0.3) is 0 Å². The molecule has 0 aromatic carbocycles. The van der Waals surface area contributed by atoms with Crippen LogP contribution in [0.3, 0.4) is 0 Å². The highest BCUT2D eigenvalue weighted by Crippen LogP contribution is 2.27. The van der Waals surface area contributed by atoms with Crippen LogP contribution in [0, 0.1) is 19.7 Å². The van der Waals surface area contributed by atoms with Gasteiger partial charge >= 0.3 is 0 Å². The van der Waals surface area contributed by atoms with Crippen molar-refractivity contribution in [3.63, 3.8) is 0 Å². The van der Waals surface area contributed by atoms with E-state index >= 15 is 0 Å². The number of pyridine rings is 2. The third kappa shape index (κ3) is 3.19. The molecule has 1 N–H and O–H groups in total. The van der Waals surface area contributed by atoms with Gasteiger partial charge in [0.05, 0.1) is 18.8 Å². The third-order valence-corrected chi connectivity index (χ3v) is 3.61. The fourth-order valence-electron chi connectivity index (χ4n) is 2.46. The van der Waals surface area contributed by atoms with E-state index < -0.39 is 0 Å². The highest BCUT2D eigenvalue weighted by molar-refractivity contribution is 5.41. The molecular formula is C16H20FN3O. The van der Waals surface area contributed by atoms with Crippen LogP contribution in [0.1, 0.15) is 28.6 Å². The Bertz CT molecular complexity index is 631. The van der Waals surface area contributed by atoms with Crippen LogP contribution in [-0.4, -0.2) is 24.1 Å². The van der Waals surface area contributed by atoms with Gasteiger partial charge in [0, 0.05) is 35.6 Å². The summed E-state index contributed by atoms with van der Waals surface area (Å²) in [6.07, 6.45) is 3.92. The zero-order valence-corrected chi connectivity index (χ0v) is 12.8. The maximum atomic E-state index is 13.9. The first-order chi connectivity index (χ1) is 10.1. The average Bonchev–Trinajstić information content (AvgIpc) is 2.48. The molecule has 4 nitrogen and oxygen atoms in total. The first-order valence-corrected chi connectivity index (χ1v) is 6.85. The molecule has 0 radical (unpaired) electrons. The van der Waals surface area contributed by atoms with E-state index in [4.69, 9.17) is 4.74 Å². The Morgan fingerprint density at radius 1 is 1.33 bits per heavy atom. The summed E-state index contributed by atoms with van der Waals surface area (Å²) in [5.74, 6) is 0.518. The van der Waals surface area contributed by atoms with Gasteiger partial charge in [-0.15, -0.1) is 0 Å². The van der Waals surface area contributed by atoms with Gasteiger partial charge < -0.3 is 10.1 Å². The predicted octanol–water partition coefficient (Wildman–Crippen LogP) is 2.74. The average molecular weight is 289 g/mol. The molecular weight excluding hydrogens is 269 g/mol. The molecule has 0 spiro atoms. The number of methoxy groups -OCH3 is 1. The second-order valence-corrected chi connectivity index (χ2v) is 4.96. The third-order valence-electron chi connectivity index (χ3n) is 3.61. The normalized spacial score (nSPS) is 12.2. The Morgan fingerprint density at radius 2 is 2.10 bits per heavy atom. The molecule has 0 saturated heterocycles. The maximum Gasteiger partial charge on any atom is 0.146 e. The van der Waals surface area contributed by atoms with Crippen molar-refractivity contribution in [2.45, 2.75) is 26.3 Å². The Morgan fingerprint density at radius 3 is 2.71 bits per heavy atom. The Balaban J connectivity index is 2.34. The van der Waals surface area contributed by atoms with Crippen LogP contribution in [0.15, 0.2) is 24.5 Å². The van der Waals surface area contributed by atoms with Crippen molar-refractivity contribution in [3.8, 4) is 5.75 Å². The second-order valence-electron chi connectivity index (χ2n) is 4.96. The van der Waals surface area contributed by atoms with E-state index in [2.05, 4.69) is 15.3 Å². The van der Waals surface area contributed by atoms with E-state index in [1.807, 2.05) is 13.8 Å². The van der Waals surface area contributed by atoms with E-state index in [9.17, 15) is 4.39 Å². The molecule has 0 aliphatic rings. The smallest absolute Gasteiger partial charge is 0.146 e. The molecule has 5 heteroatoms. The monoisotopic (exact) mass is 289 g/mol. The van der Waals surface area contributed by atoms with Crippen LogP contribution >= 0.6 is 0 Å². The lowest BCUT2D eigenvalue weighted by atomic mass is 10.0. The van der Waals surface area contributed by atoms with Gasteiger partial charge in [-0.2, -0.15) is 0 Å². The largest absolute Gasteiger partial charge is 0.496 e. The molecule has 0 saturated carbocycles. The minimum absolute atomic E-state index is 0.232. The lowest BCUT2D eigenvalue weighted by molar-refractivity contribution is 0.406. The van der Waals surface area contributed by atoms with Gasteiger partial charge in [0.1, 0.15) is 11.6 Å². The number of hydrogen-bond acceptors (Lipinski definition) is 4. The Kier molecular flexibility index (Phi) is 4.85. The summed E-state index contributed by atoms with van der Waals surface area (Å²) in [5, 5.41) is 3.10. The van der Waals surface area contributed by atoms with Crippen molar-refractivity contribution < 1.29 is 9.13 Å². The predicted molar refractivity (Wildman–Crippen MR) is 80.0 cm³/mol. The number of ether oxygens (including phenoxy) is 1. The molecule has 0 fully saturated rings. The molecule has 2 aromatic rings. The molecule has 1 atom stereocenters. The van der Waals surface area contributed by atoms with Gasteiger partial charge in [-0.05, 0) is 33.0 Å². The van der Waals surface area contributed by atoms with E-state index in [-0.39, 0.29) is 11.9 Å². The van der Waals surface area contributed by atoms with E-state index in [1.165, 1.54) is 6.07 Å². The molecule has 0 amide bonds. The molecule has 0 aliphatic carbocycles. The minimum Gasteiger partial charge on any atom is -0.496 e. The summed E-state index contributed by atoms with van der Waals surface area (Å²) in [6.45, 7) is 3.92. The van der Waals surface area contributed by atoms with Crippen LogP contribution in [0.4, 0.5) is 4.39 Å². The molecule has 1 unspecified atom stereocenters. The highest BCUT2D eigenvalue weighted by Gasteiger charge is 2.19. The zero-order chi connectivity index (χ0) is 15.4. The topological polar surface area (TPSA) is 47.0 Å². The summed E-state index contributed by atoms with van der Waals surface area (Å²) in [7, 11) is 3.44. The number of aryl methyl sites for hydroxylation is 1. The maximum absolute atomic E-state index is 13.9. The first kappa shape index (κ1) is 15.4. The fraction of sp³-hybridized carbons (Fsp3) is 0.375. The quantitative estimate of drug-likeness (QED) is 0.919. The second kappa shape index (κ2) is 6.63. The lowest BCUT2D eigenvalue weighted by Crippen LogP contribution is -2.22. The van der Waals surface area contributed by atoms with Crippen molar-refractivity contribution in [2.75, 3.05) is 14.2 Å². The fourth-order valence-corrected chi connectivity index (χ4v) is 2.46.